The molecule has 0 aliphatic heterocycles. The molecule has 0 N–H and O–H groups in total. The van der Waals surface area contributed by atoms with Crippen molar-refractivity contribution in [3.8, 4) is 0 Å². The van der Waals surface area contributed by atoms with E-state index in [0.29, 0.717) is 0 Å². The van der Waals surface area contributed by atoms with Crippen molar-refractivity contribution >= 4 is 0 Å². The first-order chi connectivity index (χ1) is 4.55. The fourth-order valence-electron chi connectivity index (χ4n) is 2.39. The van der Waals surface area contributed by atoms with Crippen LogP contribution in [-0.2, 0) is 40.5 Å². The number of hydrogen-bond acceptors (Lipinski definition) is 0. The normalized spacial score (nSPS) is 39.6. The summed E-state index contributed by atoms with van der Waals surface area (Å²) in [5.74, 6) is 4.68. The van der Waals surface area contributed by atoms with Crippen LogP contribution in [-0.4, -0.2) is 0 Å². The Morgan fingerprint density at radius 2 is 0.571 bits per heavy atom. The second-order valence-electron chi connectivity index (χ2n) is 4.30. The zero-order chi connectivity index (χ0) is 7.89. The van der Waals surface area contributed by atoms with Crippen molar-refractivity contribution in [1.82, 2.24) is 0 Å². The van der Waals surface area contributed by atoms with Crippen molar-refractivity contribution in [3.63, 3.8) is 0 Å². The molecule has 1 fully saturated rings. The Hall–Kier alpha value is 1.31. The number of rotatable bonds is 0. The van der Waals surface area contributed by atoms with Crippen LogP contribution < -0.4 is 0 Å². The predicted molar refractivity (Wildman–Crippen MR) is 58.6 cm³/mol. The summed E-state index contributed by atoms with van der Waals surface area (Å²) in [6.07, 6.45) is 0. The van der Waals surface area contributed by atoms with E-state index in [9.17, 15) is 0 Å². The Morgan fingerprint density at radius 1 is 0.500 bits per heavy atom. The van der Waals surface area contributed by atoms with Gasteiger partial charge in [0.15, 0.2) is 0 Å². The molecule has 0 amide bonds. The third-order valence-corrected chi connectivity index (χ3v) is 4.15. The molecule has 0 saturated heterocycles. The van der Waals surface area contributed by atoms with E-state index in [1.165, 1.54) is 0 Å². The maximum Gasteiger partial charge on any atom is 1.00 e. The summed E-state index contributed by atoms with van der Waals surface area (Å²) in [6.45, 7) is 12.0. The molecular weight excluding hydrogens is 429 g/mol. The topological polar surface area (TPSA) is 0 Å². The van der Waals surface area contributed by atoms with Crippen LogP contribution in [0.1, 0.15) is 34.6 Å². The minimum atomic E-state index is 0. The molecule has 0 spiro atoms. The van der Waals surface area contributed by atoms with Crippen molar-refractivity contribution in [1.29, 1.82) is 0 Å². The van der Waals surface area contributed by atoms with E-state index in [0.717, 1.165) is 29.6 Å². The second kappa shape index (κ2) is 9.53. The average molecular weight is 455 g/mol. The van der Waals surface area contributed by atoms with Gasteiger partial charge in [-0.2, -0.15) is 0 Å². The van der Waals surface area contributed by atoms with Gasteiger partial charge in [0.25, 0.3) is 0 Å². The van der Waals surface area contributed by atoms with Crippen LogP contribution in [0.25, 0.3) is 0 Å². The largest absolute Gasteiger partial charge is 1.00 e. The van der Waals surface area contributed by atoms with Gasteiger partial charge in [0.05, 0.1) is 0 Å². The molecule has 1 aliphatic rings. The monoisotopic (exact) mass is 456 g/mol. The van der Waals surface area contributed by atoms with Gasteiger partial charge < -0.3 is 14.9 Å². The van der Waals surface area contributed by atoms with Gasteiger partial charge in [-0.05, 0) is 29.6 Å². The minimum absolute atomic E-state index is 0. The van der Waals surface area contributed by atoms with Gasteiger partial charge in [-0.1, -0.05) is 34.6 Å². The van der Waals surface area contributed by atoms with E-state index in [-0.39, 0.29) is 55.4 Å². The Morgan fingerprint density at radius 3 is 0.643 bits per heavy atom. The molecule has 0 bridgehead atoms. The maximum atomic E-state index is 2.40. The Bertz CT molecular complexity index is 82.7. The van der Waals surface area contributed by atoms with Crippen LogP contribution in [0.4, 0.5) is 0 Å². The third kappa shape index (κ3) is 4.44. The summed E-state index contributed by atoms with van der Waals surface area (Å²) >= 11 is 0. The molecule has 0 aromatic heterocycles. The average Bonchev–Trinajstić information content (AvgIpc) is 2.07. The molecule has 14 heavy (non-hydrogen) atoms. The molecular formula is C12H26RuW-. The van der Waals surface area contributed by atoms with Crippen molar-refractivity contribution in [2.45, 2.75) is 34.6 Å². The van der Waals surface area contributed by atoms with Gasteiger partial charge in [-0.25, -0.2) is 0 Å². The van der Waals surface area contributed by atoms with Gasteiger partial charge in [-0.3, -0.25) is 0 Å². The van der Waals surface area contributed by atoms with Crippen molar-refractivity contribution in [2.75, 3.05) is 0 Å². The van der Waals surface area contributed by atoms with Crippen molar-refractivity contribution in [3.05, 3.63) is 14.9 Å². The molecule has 89 valence electrons. The first-order valence-corrected chi connectivity index (χ1v) is 4.55. The van der Waals surface area contributed by atoms with Gasteiger partial charge in [0.2, 0.25) is 0 Å². The Kier molecular flexibility index (Phi) is 16.7. The Balaban J connectivity index is -0.000000125. The standard InChI is InChI=1S/C10H20.2CH3.Ru.W/c1-6-7(2)9(4)10(5)8(6)3;;;;/h6-10H,1-5H3;2*1H3;;/q;2*-1;+1;. The Labute approximate surface area is 119 Å². The smallest absolute Gasteiger partial charge is 0.358 e. The summed E-state index contributed by atoms with van der Waals surface area (Å²) in [7, 11) is 0. The van der Waals surface area contributed by atoms with Gasteiger partial charge in [-0.15, -0.1) is 0 Å². The first-order valence-electron chi connectivity index (χ1n) is 4.55. The van der Waals surface area contributed by atoms with Crippen LogP contribution in [0, 0.1) is 44.4 Å². The van der Waals surface area contributed by atoms with Crippen LogP contribution in [0.3, 0.4) is 0 Å². The van der Waals surface area contributed by atoms with Gasteiger partial charge in [0, 0.05) is 21.1 Å². The van der Waals surface area contributed by atoms with Crippen LogP contribution >= 0.6 is 0 Å². The fourth-order valence-corrected chi connectivity index (χ4v) is 2.39. The summed E-state index contributed by atoms with van der Waals surface area (Å²) in [5, 5.41) is 0. The first kappa shape index (κ1) is 24.5. The van der Waals surface area contributed by atoms with E-state index >= 15 is 0 Å². The van der Waals surface area contributed by atoms with E-state index in [1.54, 1.807) is 0 Å². The molecule has 0 unspecified atom stereocenters. The third-order valence-electron chi connectivity index (χ3n) is 4.15. The fraction of sp³-hybridized carbons (Fsp3) is 0.833. The summed E-state index contributed by atoms with van der Waals surface area (Å²) in [4.78, 5) is 0. The maximum absolute atomic E-state index is 2.40. The SMILES string of the molecule is CC1C(C)C(C)C(C)C1C.[CH3-].[CH3-].[Ru+].[W]. The molecule has 0 aromatic rings. The molecule has 1 aliphatic carbocycles. The van der Waals surface area contributed by atoms with E-state index in [4.69, 9.17) is 0 Å². The predicted octanol–water partition coefficient (Wildman–Crippen LogP) is 4.08. The zero-order valence-corrected chi connectivity index (χ0v) is 15.3. The molecule has 1 rings (SSSR count). The molecule has 0 heterocycles. The van der Waals surface area contributed by atoms with Gasteiger partial charge >= 0.3 is 19.5 Å². The van der Waals surface area contributed by atoms with Gasteiger partial charge in [0.1, 0.15) is 0 Å². The quantitative estimate of drug-likeness (QED) is 0.382. The van der Waals surface area contributed by atoms with Crippen LogP contribution in [0.15, 0.2) is 0 Å². The van der Waals surface area contributed by atoms with Crippen LogP contribution in [0.5, 0.6) is 0 Å². The molecule has 2 heteroatoms. The molecule has 0 nitrogen and oxygen atoms in total. The zero-order valence-electron chi connectivity index (χ0n) is 10.6. The summed E-state index contributed by atoms with van der Waals surface area (Å²) < 4.78 is 0. The van der Waals surface area contributed by atoms with E-state index in [2.05, 4.69) is 34.6 Å². The molecule has 0 atom stereocenters. The van der Waals surface area contributed by atoms with Crippen molar-refractivity contribution < 1.29 is 40.5 Å². The van der Waals surface area contributed by atoms with E-state index in [1.807, 2.05) is 0 Å². The number of hydrogen-bond donors (Lipinski definition) is 0. The molecule has 0 aromatic carbocycles. The molecule has 1 saturated carbocycles. The summed E-state index contributed by atoms with van der Waals surface area (Å²) in [5.41, 5.74) is 0. The summed E-state index contributed by atoms with van der Waals surface area (Å²) in [6, 6.07) is 0. The van der Waals surface area contributed by atoms with Crippen molar-refractivity contribution in [2.24, 2.45) is 29.6 Å². The second-order valence-corrected chi connectivity index (χ2v) is 4.30. The molecule has 1 radical (unpaired) electrons. The van der Waals surface area contributed by atoms with E-state index < -0.39 is 0 Å². The van der Waals surface area contributed by atoms with Crippen LogP contribution in [0.2, 0.25) is 0 Å². The minimum Gasteiger partial charge on any atom is -0.358 e.